The molecule has 0 aliphatic rings. The van der Waals surface area contributed by atoms with Gasteiger partial charge < -0.3 is 4.89 Å². The molecule has 1 atom stereocenters. The third kappa shape index (κ3) is 6.59. The molecule has 1 unspecified atom stereocenters. The zero-order valence-corrected chi connectivity index (χ0v) is 11.1. The van der Waals surface area contributed by atoms with Crippen molar-refractivity contribution < 1.29 is 18.5 Å². The third-order valence-corrected chi connectivity index (χ3v) is 3.15. The lowest BCUT2D eigenvalue weighted by atomic mass is 10.2. The Morgan fingerprint density at radius 3 is 2.47 bits per heavy atom. The van der Waals surface area contributed by atoms with Gasteiger partial charge in [0.15, 0.2) is 0 Å². The van der Waals surface area contributed by atoms with Crippen molar-refractivity contribution in [2.45, 2.75) is 26.9 Å². The fraction of sp³-hybridized carbons (Fsp3) is 0.500. The summed E-state index contributed by atoms with van der Waals surface area (Å²) in [6.45, 7) is 4.36. The van der Waals surface area contributed by atoms with Crippen LogP contribution in [0.15, 0.2) is 30.3 Å². The summed E-state index contributed by atoms with van der Waals surface area (Å²) in [6.07, 6.45) is 0.735. The van der Waals surface area contributed by atoms with Gasteiger partial charge >= 0.3 is 7.82 Å². The Balaban J connectivity index is 2.32. The van der Waals surface area contributed by atoms with Gasteiger partial charge in [-0.25, -0.2) is 4.57 Å². The summed E-state index contributed by atoms with van der Waals surface area (Å²) in [7, 11) is -3.91. The monoisotopic (exact) mass is 258 g/mol. The molecule has 0 radical (unpaired) electrons. The first-order chi connectivity index (χ1) is 7.99. The lowest BCUT2D eigenvalue weighted by molar-refractivity contribution is 0.138. The fourth-order valence-electron chi connectivity index (χ4n) is 1.17. The van der Waals surface area contributed by atoms with E-state index in [2.05, 4.69) is 0 Å². The molecule has 0 amide bonds. The summed E-state index contributed by atoms with van der Waals surface area (Å²) in [5.74, 6) is 0.434. The second-order valence-electron chi connectivity index (χ2n) is 4.24. The SMILES string of the molecule is CC(C)CCOP(=O)(O)OCc1ccccc1. The summed E-state index contributed by atoms with van der Waals surface area (Å²) in [5, 5.41) is 0. The van der Waals surface area contributed by atoms with E-state index in [1.54, 1.807) is 0 Å². The molecule has 1 aromatic rings. The number of benzene rings is 1. The maximum Gasteiger partial charge on any atom is 0.472 e. The topological polar surface area (TPSA) is 55.8 Å². The van der Waals surface area contributed by atoms with Crippen LogP contribution in [0.4, 0.5) is 0 Å². The lowest BCUT2D eigenvalue weighted by Gasteiger charge is -2.12. The normalized spacial score (nSPS) is 14.8. The molecule has 0 bridgehead atoms. The molecule has 5 heteroatoms. The molecule has 96 valence electrons. The second kappa shape index (κ2) is 6.92. The molecule has 17 heavy (non-hydrogen) atoms. The predicted molar refractivity (Wildman–Crippen MR) is 66.5 cm³/mol. The van der Waals surface area contributed by atoms with Crippen molar-refractivity contribution in [3.05, 3.63) is 35.9 Å². The molecule has 1 rings (SSSR count). The van der Waals surface area contributed by atoms with E-state index >= 15 is 0 Å². The van der Waals surface area contributed by atoms with Crippen LogP contribution in [0.3, 0.4) is 0 Å². The van der Waals surface area contributed by atoms with Gasteiger partial charge in [0, 0.05) is 0 Å². The molecule has 1 aromatic carbocycles. The van der Waals surface area contributed by atoms with Crippen LogP contribution in [-0.2, 0) is 20.2 Å². The number of rotatable bonds is 7. The number of hydrogen-bond donors (Lipinski definition) is 1. The van der Waals surface area contributed by atoms with Crippen molar-refractivity contribution in [1.29, 1.82) is 0 Å². The van der Waals surface area contributed by atoms with E-state index in [4.69, 9.17) is 9.05 Å². The highest BCUT2D eigenvalue weighted by atomic mass is 31.2. The van der Waals surface area contributed by atoms with Gasteiger partial charge in [-0.1, -0.05) is 44.2 Å². The van der Waals surface area contributed by atoms with Crippen molar-refractivity contribution in [1.82, 2.24) is 0 Å². The molecule has 0 aromatic heterocycles. The predicted octanol–water partition coefficient (Wildman–Crippen LogP) is 3.37. The summed E-state index contributed by atoms with van der Waals surface area (Å²) in [6, 6.07) is 9.23. The highest BCUT2D eigenvalue weighted by Gasteiger charge is 2.20. The number of phosphoric ester groups is 1. The Hall–Kier alpha value is -0.670. The van der Waals surface area contributed by atoms with E-state index in [1.807, 2.05) is 44.2 Å². The van der Waals surface area contributed by atoms with Crippen molar-refractivity contribution >= 4 is 7.82 Å². The Morgan fingerprint density at radius 1 is 1.24 bits per heavy atom. The van der Waals surface area contributed by atoms with Gasteiger partial charge in [-0.15, -0.1) is 0 Å². The average molecular weight is 258 g/mol. The Labute approximate surface area is 102 Å². The molecular weight excluding hydrogens is 239 g/mol. The van der Waals surface area contributed by atoms with E-state index in [0.29, 0.717) is 5.92 Å². The van der Waals surface area contributed by atoms with E-state index in [9.17, 15) is 9.46 Å². The minimum atomic E-state index is -3.91. The Bertz CT molecular complexity index is 364. The molecule has 0 heterocycles. The number of hydrogen-bond acceptors (Lipinski definition) is 3. The molecule has 0 saturated carbocycles. The van der Waals surface area contributed by atoms with Gasteiger partial charge in [-0.3, -0.25) is 9.05 Å². The van der Waals surface area contributed by atoms with Crippen molar-refractivity contribution in [3.8, 4) is 0 Å². The van der Waals surface area contributed by atoms with Gasteiger partial charge in [0.2, 0.25) is 0 Å². The first-order valence-electron chi connectivity index (χ1n) is 5.65. The molecule has 0 aliphatic carbocycles. The highest BCUT2D eigenvalue weighted by Crippen LogP contribution is 2.44. The van der Waals surface area contributed by atoms with Crippen molar-refractivity contribution in [2.24, 2.45) is 5.92 Å². The maximum absolute atomic E-state index is 11.5. The Morgan fingerprint density at radius 2 is 1.88 bits per heavy atom. The highest BCUT2D eigenvalue weighted by molar-refractivity contribution is 7.47. The van der Waals surface area contributed by atoms with Crippen LogP contribution in [-0.4, -0.2) is 11.5 Å². The van der Waals surface area contributed by atoms with Gasteiger partial charge in [0.25, 0.3) is 0 Å². The molecule has 0 aliphatic heterocycles. The smallest absolute Gasteiger partial charge is 0.302 e. The van der Waals surface area contributed by atoms with E-state index in [1.165, 1.54) is 0 Å². The van der Waals surface area contributed by atoms with Crippen LogP contribution < -0.4 is 0 Å². The fourth-order valence-corrected chi connectivity index (χ4v) is 1.89. The zero-order valence-electron chi connectivity index (χ0n) is 10.2. The summed E-state index contributed by atoms with van der Waals surface area (Å²) >= 11 is 0. The summed E-state index contributed by atoms with van der Waals surface area (Å²) < 4.78 is 21.2. The van der Waals surface area contributed by atoms with Gasteiger partial charge in [-0.2, -0.15) is 0 Å². The van der Waals surface area contributed by atoms with Gasteiger partial charge in [0.05, 0.1) is 13.2 Å². The second-order valence-corrected chi connectivity index (χ2v) is 5.70. The Kier molecular flexibility index (Phi) is 5.86. The minimum absolute atomic E-state index is 0.0797. The van der Waals surface area contributed by atoms with Crippen molar-refractivity contribution in [2.75, 3.05) is 6.61 Å². The van der Waals surface area contributed by atoms with Crippen LogP contribution >= 0.6 is 7.82 Å². The lowest BCUT2D eigenvalue weighted by Crippen LogP contribution is -2.00. The van der Waals surface area contributed by atoms with Crippen LogP contribution in [0.25, 0.3) is 0 Å². The van der Waals surface area contributed by atoms with Crippen LogP contribution in [0.1, 0.15) is 25.8 Å². The first-order valence-corrected chi connectivity index (χ1v) is 7.15. The van der Waals surface area contributed by atoms with E-state index in [-0.39, 0.29) is 13.2 Å². The van der Waals surface area contributed by atoms with E-state index in [0.717, 1.165) is 12.0 Å². The number of phosphoric acid groups is 1. The van der Waals surface area contributed by atoms with Crippen LogP contribution in [0, 0.1) is 5.92 Å². The average Bonchev–Trinajstić information content (AvgIpc) is 2.27. The van der Waals surface area contributed by atoms with Gasteiger partial charge in [0.1, 0.15) is 0 Å². The first kappa shape index (κ1) is 14.4. The molecule has 0 fully saturated rings. The molecule has 0 saturated heterocycles. The largest absolute Gasteiger partial charge is 0.472 e. The maximum atomic E-state index is 11.5. The molecular formula is C12H19O4P. The van der Waals surface area contributed by atoms with Gasteiger partial charge in [-0.05, 0) is 17.9 Å². The molecule has 0 spiro atoms. The van der Waals surface area contributed by atoms with Crippen LogP contribution in [0.5, 0.6) is 0 Å². The standard InChI is InChI=1S/C12H19O4P/c1-11(2)8-9-15-17(13,14)16-10-12-6-4-3-5-7-12/h3-7,11H,8-10H2,1-2H3,(H,13,14). The van der Waals surface area contributed by atoms with E-state index < -0.39 is 7.82 Å². The minimum Gasteiger partial charge on any atom is -0.302 e. The van der Waals surface area contributed by atoms with Crippen molar-refractivity contribution in [3.63, 3.8) is 0 Å². The zero-order chi connectivity index (χ0) is 12.7. The molecule has 1 N–H and O–H groups in total. The molecule has 4 nitrogen and oxygen atoms in total. The quantitative estimate of drug-likeness (QED) is 0.762. The van der Waals surface area contributed by atoms with Crippen LogP contribution in [0.2, 0.25) is 0 Å². The third-order valence-electron chi connectivity index (χ3n) is 2.19. The summed E-state index contributed by atoms with van der Waals surface area (Å²) in [5.41, 5.74) is 0.842. The summed E-state index contributed by atoms with van der Waals surface area (Å²) in [4.78, 5) is 9.40.